The number of hydrogen-bond donors (Lipinski definition) is 1. The first-order chi connectivity index (χ1) is 7.37. The summed E-state index contributed by atoms with van der Waals surface area (Å²) in [6.45, 7) is 9.30. The second-order valence-electron chi connectivity index (χ2n) is 6.36. The maximum Gasteiger partial charge on any atom is 0.195 e. The molecule has 16 heavy (non-hydrogen) atoms. The second kappa shape index (κ2) is 2.78. The largest absolute Gasteiger partial charge is 0.301 e. The van der Waals surface area contributed by atoms with Crippen LogP contribution in [-0.4, -0.2) is 14.8 Å². The van der Waals surface area contributed by atoms with E-state index in [2.05, 4.69) is 42.5 Å². The summed E-state index contributed by atoms with van der Waals surface area (Å²) < 4.78 is 3.06. The quantitative estimate of drug-likeness (QED) is 0.800. The molecule has 2 saturated carbocycles. The van der Waals surface area contributed by atoms with E-state index < -0.39 is 0 Å². The normalized spacial score (nSPS) is 27.0. The molecule has 88 valence electrons. The first-order valence-corrected chi connectivity index (χ1v) is 6.45. The van der Waals surface area contributed by atoms with Crippen molar-refractivity contribution in [3.8, 4) is 0 Å². The number of H-pyrrole nitrogens is 1. The number of rotatable bonds is 2. The lowest BCUT2D eigenvalue weighted by atomic mass is 10.0. The van der Waals surface area contributed by atoms with Gasteiger partial charge in [-0.2, -0.15) is 5.10 Å². The molecule has 0 spiro atoms. The van der Waals surface area contributed by atoms with Gasteiger partial charge in [0.05, 0.1) is 0 Å². The Morgan fingerprint density at radius 2 is 1.81 bits per heavy atom. The van der Waals surface area contributed by atoms with Gasteiger partial charge in [0.15, 0.2) is 4.77 Å². The standard InChI is InChI=1S/C12H19N3S/c1-11(2)8(12(11,3)4)9-13-14-10(16)15(9)7-5-6-7/h7-8H,5-6H2,1-4H3,(H,14,16). The van der Waals surface area contributed by atoms with E-state index >= 15 is 0 Å². The molecule has 0 saturated heterocycles. The molecule has 1 aromatic heterocycles. The van der Waals surface area contributed by atoms with Crippen LogP contribution in [0.4, 0.5) is 0 Å². The average molecular weight is 237 g/mol. The highest BCUT2D eigenvalue weighted by molar-refractivity contribution is 7.71. The minimum atomic E-state index is 0.334. The van der Waals surface area contributed by atoms with Crippen LogP contribution in [0.2, 0.25) is 0 Å². The minimum Gasteiger partial charge on any atom is -0.301 e. The molecule has 2 fully saturated rings. The van der Waals surface area contributed by atoms with E-state index in [-0.39, 0.29) is 0 Å². The summed E-state index contributed by atoms with van der Waals surface area (Å²) in [5.41, 5.74) is 0.668. The zero-order valence-electron chi connectivity index (χ0n) is 10.4. The Morgan fingerprint density at radius 3 is 2.25 bits per heavy atom. The smallest absolute Gasteiger partial charge is 0.195 e. The van der Waals surface area contributed by atoms with Gasteiger partial charge in [-0.15, -0.1) is 0 Å². The molecule has 0 aliphatic heterocycles. The highest BCUT2D eigenvalue weighted by Crippen LogP contribution is 2.73. The van der Waals surface area contributed by atoms with E-state index in [9.17, 15) is 0 Å². The minimum absolute atomic E-state index is 0.334. The Labute approximate surface area is 101 Å². The molecule has 1 aromatic rings. The second-order valence-corrected chi connectivity index (χ2v) is 6.75. The monoisotopic (exact) mass is 237 g/mol. The van der Waals surface area contributed by atoms with Gasteiger partial charge in [0.2, 0.25) is 0 Å². The number of hydrogen-bond acceptors (Lipinski definition) is 2. The van der Waals surface area contributed by atoms with Gasteiger partial charge in [0, 0.05) is 12.0 Å². The number of nitrogens with zero attached hydrogens (tertiary/aromatic N) is 2. The van der Waals surface area contributed by atoms with Crippen LogP contribution in [0.5, 0.6) is 0 Å². The molecule has 0 aromatic carbocycles. The van der Waals surface area contributed by atoms with Gasteiger partial charge in [-0.1, -0.05) is 27.7 Å². The van der Waals surface area contributed by atoms with Crippen LogP contribution >= 0.6 is 12.2 Å². The first kappa shape index (κ1) is 10.5. The van der Waals surface area contributed by atoms with Crippen molar-refractivity contribution < 1.29 is 0 Å². The Hall–Kier alpha value is -0.640. The van der Waals surface area contributed by atoms with Gasteiger partial charge in [-0.3, -0.25) is 5.10 Å². The fourth-order valence-corrected chi connectivity index (χ4v) is 3.34. The lowest BCUT2D eigenvalue weighted by Gasteiger charge is -2.05. The molecule has 1 N–H and O–H groups in total. The lowest BCUT2D eigenvalue weighted by Crippen LogP contribution is -2.03. The molecule has 0 atom stereocenters. The van der Waals surface area contributed by atoms with Crippen molar-refractivity contribution in [2.45, 2.75) is 52.5 Å². The highest BCUT2D eigenvalue weighted by atomic mass is 32.1. The number of aromatic nitrogens is 3. The average Bonchev–Trinajstić information content (AvgIpc) is 3.00. The van der Waals surface area contributed by atoms with Crippen LogP contribution in [0.1, 0.15) is 58.3 Å². The van der Waals surface area contributed by atoms with Crippen LogP contribution in [0.15, 0.2) is 0 Å². The fourth-order valence-electron chi connectivity index (χ4n) is 3.05. The van der Waals surface area contributed by atoms with Crippen LogP contribution in [0.3, 0.4) is 0 Å². The molecule has 4 heteroatoms. The van der Waals surface area contributed by atoms with Gasteiger partial charge < -0.3 is 4.57 Å². The molecule has 3 nitrogen and oxygen atoms in total. The predicted molar refractivity (Wildman–Crippen MR) is 66.0 cm³/mol. The van der Waals surface area contributed by atoms with Crippen molar-refractivity contribution in [2.24, 2.45) is 10.8 Å². The maximum atomic E-state index is 5.33. The van der Waals surface area contributed by atoms with E-state index in [1.807, 2.05) is 0 Å². The van der Waals surface area contributed by atoms with Crippen molar-refractivity contribution in [1.82, 2.24) is 14.8 Å². The molecule has 0 amide bonds. The first-order valence-electron chi connectivity index (χ1n) is 6.04. The predicted octanol–water partition coefficient (Wildman–Crippen LogP) is 3.43. The SMILES string of the molecule is CC1(C)C(c2n[nH]c(=S)n2C2CC2)C1(C)C. The third-order valence-corrected chi connectivity index (χ3v) is 5.21. The van der Waals surface area contributed by atoms with Crippen molar-refractivity contribution in [2.75, 3.05) is 0 Å². The third kappa shape index (κ3) is 1.14. The molecule has 3 rings (SSSR count). The van der Waals surface area contributed by atoms with Crippen LogP contribution in [-0.2, 0) is 0 Å². The zero-order chi connectivity index (χ0) is 11.7. The zero-order valence-corrected chi connectivity index (χ0v) is 11.2. The van der Waals surface area contributed by atoms with Gasteiger partial charge in [0.1, 0.15) is 5.82 Å². The summed E-state index contributed by atoms with van der Waals surface area (Å²) in [7, 11) is 0. The van der Waals surface area contributed by atoms with Crippen LogP contribution in [0.25, 0.3) is 0 Å². The number of nitrogens with one attached hydrogen (secondary N) is 1. The van der Waals surface area contributed by atoms with Crippen molar-refractivity contribution in [3.05, 3.63) is 10.6 Å². The highest BCUT2D eigenvalue weighted by Gasteiger charge is 2.67. The Balaban J connectivity index is 2.06. The molecular weight excluding hydrogens is 218 g/mol. The summed E-state index contributed by atoms with van der Waals surface area (Å²) >= 11 is 5.33. The number of aromatic amines is 1. The topological polar surface area (TPSA) is 33.6 Å². The summed E-state index contributed by atoms with van der Waals surface area (Å²) in [5, 5.41) is 7.45. The van der Waals surface area contributed by atoms with Gasteiger partial charge in [-0.05, 0) is 35.9 Å². The third-order valence-electron chi connectivity index (χ3n) is 4.92. The summed E-state index contributed by atoms with van der Waals surface area (Å²) in [5.74, 6) is 1.72. The Kier molecular flexibility index (Phi) is 1.83. The molecule has 2 aliphatic rings. The van der Waals surface area contributed by atoms with Gasteiger partial charge in [-0.25, -0.2) is 0 Å². The molecule has 1 heterocycles. The summed E-state index contributed by atoms with van der Waals surface area (Å²) in [6.07, 6.45) is 2.52. The van der Waals surface area contributed by atoms with Crippen molar-refractivity contribution in [3.63, 3.8) is 0 Å². The van der Waals surface area contributed by atoms with E-state index in [4.69, 9.17) is 12.2 Å². The van der Waals surface area contributed by atoms with Crippen molar-refractivity contribution >= 4 is 12.2 Å². The van der Waals surface area contributed by atoms with Crippen LogP contribution in [0, 0.1) is 15.6 Å². The molecule has 0 radical (unpaired) electrons. The van der Waals surface area contributed by atoms with Gasteiger partial charge >= 0.3 is 0 Å². The summed E-state index contributed by atoms with van der Waals surface area (Å²) in [4.78, 5) is 0. The fraction of sp³-hybridized carbons (Fsp3) is 0.833. The summed E-state index contributed by atoms with van der Waals surface area (Å²) in [6, 6.07) is 0.619. The molecule has 0 bridgehead atoms. The lowest BCUT2D eigenvalue weighted by molar-refractivity contribution is 0.457. The van der Waals surface area contributed by atoms with Gasteiger partial charge in [0.25, 0.3) is 0 Å². The van der Waals surface area contributed by atoms with Crippen molar-refractivity contribution in [1.29, 1.82) is 0 Å². The van der Waals surface area contributed by atoms with E-state index in [1.165, 1.54) is 18.7 Å². The molecular formula is C12H19N3S. The molecule has 2 aliphatic carbocycles. The van der Waals surface area contributed by atoms with E-state index in [0.29, 0.717) is 22.8 Å². The Morgan fingerprint density at radius 1 is 1.25 bits per heavy atom. The maximum absolute atomic E-state index is 5.33. The van der Waals surface area contributed by atoms with E-state index in [1.54, 1.807) is 0 Å². The Bertz CT molecular complexity index is 477. The van der Waals surface area contributed by atoms with E-state index in [0.717, 1.165) is 4.77 Å². The molecule has 0 unspecified atom stereocenters. The van der Waals surface area contributed by atoms with Crippen LogP contribution < -0.4 is 0 Å².